The molecule has 1 amide bonds. The fourth-order valence-electron chi connectivity index (χ4n) is 3.97. The van der Waals surface area contributed by atoms with E-state index in [0.29, 0.717) is 18.7 Å². The number of nitro groups is 1. The lowest BCUT2D eigenvalue weighted by atomic mass is 10.1. The van der Waals surface area contributed by atoms with Gasteiger partial charge in [0.1, 0.15) is 5.69 Å². The highest BCUT2D eigenvalue weighted by Crippen LogP contribution is 2.31. The quantitative estimate of drug-likeness (QED) is 0.354. The van der Waals surface area contributed by atoms with Crippen LogP contribution in [0.4, 0.5) is 11.4 Å². The zero-order valence-electron chi connectivity index (χ0n) is 16.8. The highest BCUT2D eigenvalue weighted by Gasteiger charge is 2.34. The molecule has 1 aromatic rings. The lowest BCUT2D eigenvalue weighted by Gasteiger charge is -2.26. The molecule has 0 bridgehead atoms. The number of esters is 1. The largest absolute Gasteiger partial charge is 0.452 e. The van der Waals surface area contributed by atoms with Crippen molar-refractivity contribution >= 4 is 33.1 Å². The summed E-state index contributed by atoms with van der Waals surface area (Å²) in [5, 5.41) is 11.5. The van der Waals surface area contributed by atoms with Gasteiger partial charge in [-0.3, -0.25) is 14.9 Å². The molecule has 0 spiro atoms. The Hall–Kier alpha value is -2.69. The standard InChI is InChI=1S/C19H25N3O7S/c1-2-21(15-7-10-30(27,28)13-15)18(23)12-29-19(24)14-5-6-16(17(11-14)22(25)26)20-8-3-4-9-20/h5-6,11,15H,2-4,7-10,12-13H2,1H3. The number of amides is 1. The van der Waals surface area contributed by atoms with Crippen molar-refractivity contribution in [1.29, 1.82) is 0 Å². The molecule has 2 heterocycles. The van der Waals surface area contributed by atoms with Crippen molar-refractivity contribution in [3.63, 3.8) is 0 Å². The van der Waals surface area contributed by atoms with Crippen LogP contribution in [-0.4, -0.2) is 73.9 Å². The van der Waals surface area contributed by atoms with Crippen LogP contribution in [0.25, 0.3) is 0 Å². The molecule has 2 aliphatic rings. The number of hydrogen-bond acceptors (Lipinski definition) is 8. The molecule has 2 aliphatic heterocycles. The highest BCUT2D eigenvalue weighted by molar-refractivity contribution is 7.91. The average molecular weight is 439 g/mol. The van der Waals surface area contributed by atoms with E-state index in [1.165, 1.54) is 23.1 Å². The van der Waals surface area contributed by atoms with Crippen molar-refractivity contribution in [2.24, 2.45) is 0 Å². The maximum absolute atomic E-state index is 12.5. The van der Waals surface area contributed by atoms with Gasteiger partial charge in [0.25, 0.3) is 11.6 Å². The minimum absolute atomic E-state index is 0.0102. The van der Waals surface area contributed by atoms with Gasteiger partial charge in [-0.15, -0.1) is 0 Å². The summed E-state index contributed by atoms with van der Waals surface area (Å²) in [5.41, 5.74) is 0.276. The number of nitro benzene ring substituents is 1. The number of nitrogens with zero attached hydrogens (tertiary/aromatic N) is 3. The molecule has 10 nitrogen and oxygen atoms in total. The van der Waals surface area contributed by atoms with Crippen LogP contribution in [0.2, 0.25) is 0 Å². The molecular formula is C19H25N3O7S. The Morgan fingerprint density at radius 2 is 2.00 bits per heavy atom. The molecule has 2 saturated heterocycles. The Bertz CT molecular complexity index is 941. The first-order valence-corrected chi connectivity index (χ1v) is 11.7. The number of sulfone groups is 1. The van der Waals surface area contributed by atoms with E-state index in [9.17, 15) is 28.1 Å². The van der Waals surface area contributed by atoms with Crippen LogP contribution in [0.15, 0.2) is 18.2 Å². The van der Waals surface area contributed by atoms with Gasteiger partial charge in [0.05, 0.1) is 22.0 Å². The molecule has 0 aromatic heterocycles. The number of likely N-dealkylation sites (N-methyl/N-ethyl adjacent to an activating group) is 1. The summed E-state index contributed by atoms with van der Waals surface area (Å²) in [6, 6.07) is 3.73. The van der Waals surface area contributed by atoms with Crippen LogP contribution in [0, 0.1) is 10.1 Å². The number of carbonyl (C=O) groups is 2. The molecule has 0 saturated carbocycles. The summed E-state index contributed by atoms with van der Waals surface area (Å²) in [7, 11) is -3.15. The SMILES string of the molecule is CCN(C(=O)COC(=O)c1ccc(N2CCCC2)c([N+](=O)[O-])c1)C1CCS(=O)(=O)C1. The molecule has 11 heteroatoms. The van der Waals surface area contributed by atoms with Crippen molar-refractivity contribution in [2.75, 3.05) is 42.6 Å². The number of ether oxygens (including phenoxy) is 1. The summed E-state index contributed by atoms with van der Waals surface area (Å²) in [6.45, 7) is 2.92. The zero-order valence-corrected chi connectivity index (χ0v) is 17.6. The molecule has 1 aromatic carbocycles. The summed E-state index contributed by atoms with van der Waals surface area (Å²) < 4.78 is 28.4. The number of anilines is 1. The highest BCUT2D eigenvalue weighted by atomic mass is 32.2. The fraction of sp³-hybridized carbons (Fsp3) is 0.579. The third-order valence-electron chi connectivity index (χ3n) is 5.49. The van der Waals surface area contributed by atoms with Crippen molar-refractivity contribution in [3.8, 4) is 0 Å². The lowest BCUT2D eigenvalue weighted by Crippen LogP contribution is -2.43. The molecule has 3 rings (SSSR count). The molecule has 2 fully saturated rings. The Balaban J connectivity index is 1.66. The van der Waals surface area contributed by atoms with Crippen LogP contribution >= 0.6 is 0 Å². The van der Waals surface area contributed by atoms with Gasteiger partial charge in [-0.05, 0) is 38.3 Å². The van der Waals surface area contributed by atoms with E-state index in [1.54, 1.807) is 6.92 Å². The van der Waals surface area contributed by atoms with Crippen molar-refractivity contribution in [3.05, 3.63) is 33.9 Å². The van der Waals surface area contributed by atoms with E-state index in [2.05, 4.69) is 0 Å². The Morgan fingerprint density at radius 1 is 1.30 bits per heavy atom. The van der Waals surface area contributed by atoms with E-state index in [-0.39, 0.29) is 22.8 Å². The van der Waals surface area contributed by atoms with Crippen LogP contribution in [0.3, 0.4) is 0 Å². The zero-order chi connectivity index (χ0) is 21.9. The Labute approximate surface area is 174 Å². The van der Waals surface area contributed by atoms with Crippen molar-refractivity contribution in [2.45, 2.75) is 32.2 Å². The van der Waals surface area contributed by atoms with E-state index in [1.807, 2.05) is 4.90 Å². The summed E-state index contributed by atoms with van der Waals surface area (Å²) >= 11 is 0. The molecular weight excluding hydrogens is 414 g/mol. The van der Waals surface area contributed by atoms with Gasteiger partial charge in [0.2, 0.25) is 0 Å². The van der Waals surface area contributed by atoms with E-state index in [4.69, 9.17) is 4.74 Å². The van der Waals surface area contributed by atoms with E-state index >= 15 is 0 Å². The van der Waals surface area contributed by atoms with Crippen molar-refractivity contribution < 1.29 is 27.7 Å². The van der Waals surface area contributed by atoms with Gasteiger partial charge in [-0.25, -0.2) is 13.2 Å². The second-order valence-corrected chi connectivity index (χ2v) is 9.70. The predicted molar refractivity (Wildman–Crippen MR) is 109 cm³/mol. The number of hydrogen-bond donors (Lipinski definition) is 0. The van der Waals surface area contributed by atoms with E-state index in [0.717, 1.165) is 25.9 Å². The molecule has 0 radical (unpaired) electrons. The van der Waals surface area contributed by atoms with Gasteiger partial charge in [-0.1, -0.05) is 0 Å². The first-order chi connectivity index (χ1) is 14.2. The van der Waals surface area contributed by atoms with Crippen LogP contribution < -0.4 is 4.90 Å². The first-order valence-electron chi connectivity index (χ1n) is 9.92. The van der Waals surface area contributed by atoms with E-state index < -0.39 is 39.3 Å². The molecule has 164 valence electrons. The van der Waals surface area contributed by atoms with Crippen molar-refractivity contribution in [1.82, 2.24) is 4.90 Å². The topological polar surface area (TPSA) is 127 Å². The van der Waals surface area contributed by atoms with Gasteiger partial charge >= 0.3 is 5.97 Å². The second-order valence-electron chi connectivity index (χ2n) is 7.47. The molecule has 30 heavy (non-hydrogen) atoms. The maximum atomic E-state index is 12.5. The first kappa shape index (κ1) is 22.0. The third-order valence-corrected chi connectivity index (χ3v) is 7.24. The minimum atomic E-state index is -3.15. The summed E-state index contributed by atoms with van der Waals surface area (Å²) in [4.78, 5) is 39.1. The van der Waals surface area contributed by atoms with Gasteiger partial charge in [0, 0.05) is 31.7 Å². The number of carbonyl (C=O) groups excluding carboxylic acids is 2. The van der Waals surface area contributed by atoms with Gasteiger partial charge < -0.3 is 14.5 Å². The van der Waals surface area contributed by atoms with Crippen LogP contribution in [-0.2, 0) is 19.4 Å². The predicted octanol–water partition coefficient (Wildman–Crippen LogP) is 1.39. The minimum Gasteiger partial charge on any atom is -0.452 e. The smallest absolute Gasteiger partial charge is 0.338 e. The number of rotatable bonds is 7. The average Bonchev–Trinajstić information content (AvgIpc) is 3.36. The third kappa shape index (κ3) is 4.89. The maximum Gasteiger partial charge on any atom is 0.338 e. The van der Waals surface area contributed by atoms with Crippen LogP contribution in [0.1, 0.15) is 36.5 Å². The number of benzene rings is 1. The molecule has 1 unspecified atom stereocenters. The normalized spacial score (nSPS) is 20.2. The molecule has 0 N–H and O–H groups in total. The fourth-order valence-corrected chi connectivity index (χ4v) is 5.71. The Morgan fingerprint density at radius 3 is 2.57 bits per heavy atom. The van der Waals surface area contributed by atoms with Crippen LogP contribution in [0.5, 0.6) is 0 Å². The summed E-state index contributed by atoms with van der Waals surface area (Å²) in [5.74, 6) is -1.38. The van der Waals surface area contributed by atoms with Gasteiger partial charge in [0.15, 0.2) is 16.4 Å². The summed E-state index contributed by atoms with van der Waals surface area (Å²) in [6.07, 6.45) is 2.28. The monoisotopic (exact) mass is 439 g/mol. The lowest BCUT2D eigenvalue weighted by molar-refractivity contribution is -0.384. The molecule has 1 atom stereocenters. The van der Waals surface area contributed by atoms with Gasteiger partial charge in [-0.2, -0.15) is 0 Å². The second kappa shape index (κ2) is 8.99. The molecule has 0 aliphatic carbocycles. The Kier molecular flexibility index (Phi) is 6.59.